The SMILES string of the molecule is Cc1cccc(-c2nn(-c3ccccc3)c3[nH]c(=O)c(CNCCN4CCOCC4)cc23)c1. The molecule has 170 valence electrons. The van der Waals surface area contributed by atoms with Crippen LogP contribution in [-0.2, 0) is 11.3 Å². The quantitative estimate of drug-likeness (QED) is 0.430. The van der Waals surface area contributed by atoms with Crippen LogP contribution < -0.4 is 10.9 Å². The Balaban J connectivity index is 1.47. The number of aromatic amines is 1. The minimum Gasteiger partial charge on any atom is -0.379 e. The number of benzene rings is 2. The molecule has 0 aliphatic carbocycles. The lowest BCUT2D eigenvalue weighted by atomic mass is 10.1. The van der Waals surface area contributed by atoms with Crippen molar-refractivity contribution in [1.29, 1.82) is 0 Å². The van der Waals surface area contributed by atoms with E-state index in [1.54, 1.807) is 0 Å². The van der Waals surface area contributed by atoms with Gasteiger partial charge in [0.15, 0.2) is 0 Å². The van der Waals surface area contributed by atoms with Gasteiger partial charge < -0.3 is 15.0 Å². The topological polar surface area (TPSA) is 75.2 Å². The molecule has 0 saturated carbocycles. The molecule has 5 rings (SSSR count). The molecule has 0 atom stereocenters. The second kappa shape index (κ2) is 9.70. The molecule has 4 aromatic rings. The monoisotopic (exact) mass is 443 g/mol. The molecule has 1 aliphatic rings. The maximum absolute atomic E-state index is 12.9. The Kier molecular flexibility index (Phi) is 6.35. The van der Waals surface area contributed by atoms with Crippen LogP contribution in [0.1, 0.15) is 11.1 Å². The fourth-order valence-electron chi connectivity index (χ4n) is 4.29. The summed E-state index contributed by atoms with van der Waals surface area (Å²) in [6.07, 6.45) is 0. The summed E-state index contributed by atoms with van der Waals surface area (Å²) in [4.78, 5) is 18.4. The number of H-pyrrole nitrogens is 1. The lowest BCUT2D eigenvalue weighted by molar-refractivity contribution is 0.0384. The Bertz CT molecular complexity index is 1290. The maximum Gasteiger partial charge on any atom is 0.254 e. The number of aryl methyl sites for hydroxylation is 1. The number of ether oxygens (including phenoxy) is 1. The van der Waals surface area contributed by atoms with E-state index in [4.69, 9.17) is 9.84 Å². The molecule has 0 radical (unpaired) electrons. The summed E-state index contributed by atoms with van der Waals surface area (Å²) >= 11 is 0. The van der Waals surface area contributed by atoms with Crippen LogP contribution in [0, 0.1) is 6.92 Å². The fraction of sp³-hybridized carbons (Fsp3) is 0.308. The Morgan fingerprint density at radius 3 is 2.67 bits per heavy atom. The van der Waals surface area contributed by atoms with Crippen molar-refractivity contribution < 1.29 is 4.74 Å². The maximum atomic E-state index is 12.9. The number of nitrogens with one attached hydrogen (secondary N) is 2. The first-order chi connectivity index (χ1) is 16.2. The van der Waals surface area contributed by atoms with Crippen LogP contribution in [0.3, 0.4) is 0 Å². The van der Waals surface area contributed by atoms with Gasteiger partial charge in [-0.1, -0.05) is 42.0 Å². The average Bonchev–Trinajstić information content (AvgIpc) is 3.21. The highest BCUT2D eigenvalue weighted by molar-refractivity contribution is 5.92. The van der Waals surface area contributed by atoms with Crippen LogP contribution in [0.4, 0.5) is 0 Å². The number of morpholine rings is 1. The minimum absolute atomic E-state index is 0.0887. The van der Waals surface area contributed by atoms with Crippen LogP contribution in [0.25, 0.3) is 28.0 Å². The van der Waals surface area contributed by atoms with Crippen molar-refractivity contribution in [3.8, 4) is 16.9 Å². The van der Waals surface area contributed by atoms with E-state index in [0.29, 0.717) is 17.8 Å². The van der Waals surface area contributed by atoms with Gasteiger partial charge in [0.25, 0.3) is 5.56 Å². The lowest BCUT2D eigenvalue weighted by Gasteiger charge is -2.26. The highest BCUT2D eigenvalue weighted by atomic mass is 16.5. The van der Waals surface area contributed by atoms with Crippen LogP contribution in [-0.4, -0.2) is 59.1 Å². The number of pyridine rings is 1. The summed E-state index contributed by atoms with van der Waals surface area (Å²) in [6.45, 7) is 7.88. The summed E-state index contributed by atoms with van der Waals surface area (Å²) in [5.74, 6) is 0. The molecule has 2 N–H and O–H groups in total. The van der Waals surface area contributed by atoms with Gasteiger partial charge in [0.1, 0.15) is 11.3 Å². The van der Waals surface area contributed by atoms with Crippen LogP contribution >= 0.6 is 0 Å². The zero-order valence-electron chi connectivity index (χ0n) is 18.9. The molecule has 33 heavy (non-hydrogen) atoms. The van der Waals surface area contributed by atoms with Gasteiger partial charge in [0.2, 0.25) is 0 Å². The molecule has 2 aromatic carbocycles. The summed E-state index contributed by atoms with van der Waals surface area (Å²) in [6, 6.07) is 20.2. The number of hydrogen-bond donors (Lipinski definition) is 2. The molecule has 0 unspecified atom stereocenters. The largest absolute Gasteiger partial charge is 0.379 e. The first-order valence-corrected chi connectivity index (χ1v) is 11.5. The molecule has 7 heteroatoms. The third-order valence-electron chi connectivity index (χ3n) is 6.08. The Morgan fingerprint density at radius 2 is 1.88 bits per heavy atom. The highest BCUT2D eigenvalue weighted by Gasteiger charge is 2.17. The van der Waals surface area contributed by atoms with Gasteiger partial charge in [-0.25, -0.2) is 4.68 Å². The lowest BCUT2D eigenvalue weighted by Crippen LogP contribution is -2.40. The van der Waals surface area contributed by atoms with Gasteiger partial charge in [-0.15, -0.1) is 0 Å². The average molecular weight is 444 g/mol. The first kappa shape index (κ1) is 21.6. The van der Waals surface area contributed by atoms with Gasteiger partial charge in [-0.05, 0) is 31.2 Å². The predicted molar refractivity (Wildman–Crippen MR) is 131 cm³/mol. The predicted octanol–water partition coefficient (Wildman–Crippen LogP) is 3.11. The third kappa shape index (κ3) is 4.75. The van der Waals surface area contributed by atoms with E-state index < -0.39 is 0 Å². The molecule has 3 heterocycles. The number of fused-ring (bicyclic) bond motifs is 1. The molecular weight excluding hydrogens is 414 g/mol. The van der Waals surface area contributed by atoms with E-state index in [-0.39, 0.29) is 5.56 Å². The second-order valence-electron chi connectivity index (χ2n) is 8.48. The van der Waals surface area contributed by atoms with Crippen molar-refractivity contribution in [1.82, 2.24) is 25.0 Å². The number of aromatic nitrogens is 3. The van der Waals surface area contributed by atoms with Crippen molar-refractivity contribution in [3.63, 3.8) is 0 Å². The molecule has 1 fully saturated rings. The summed E-state index contributed by atoms with van der Waals surface area (Å²) < 4.78 is 7.23. The smallest absolute Gasteiger partial charge is 0.254 e. The van der Waals surface area contributed by atoms with Crippen molar-refractivity contribution in [2.75, 3.05) is 39.4 Å². The van der Waals surface area contributed by atoms with Crippen molar-refractivity contribution in [2.24, 2.45) is 0 Å². The molecule has 1 saturated heterocycles. The molecule has 0 bridgehead atoms. The summed E-state index contributed by atoms with van der Waals surface area (Å²) in [5, 5.41) is 9.29. The molecular formula is C26H29N5O2. The van der Waals surface area contributed by atoms with Gasteiger partial charge in [-0.2, -0.15) is 5.10 Å². The Hall–Kier alpha value is -3.26. The molecule has 1 aliphatic heterocycles. The van der Waals surface area contributed by atoms with Gasteiger partial charge >= 0.3 is 0 Å². The van der Waals surface area contributed by atoms with E-state index in [1.807, 2.05) is 47.1 Å². The normalized spacial score (nSPS) is 14.7. The first-order valence-electron chi connectivity index (χ1n) is 11.5. The van der Waals surface area contributed by atoms with E-state index in [2.05, 4.69) is 40.3 Å². The Morgan fingerprint density at radius 1 is 1.06 bits per heavy atom. The van der Waals surface area contributed by atoms with E-state index in [9.17, 15) is 4.79 Å². The van der Waals surface area contributed by atoms with E-state index >= 15 is 0 Å². The van der Waals surface area contributed by atoms with Gasteiger partial charge in [0, 0.05) is 49.2 Å². The molecule has 2 aromatic heterocycles. The second-order valence-corrected chi connectivity index (χ2v) is 8.48. The van der Waals surface area contributed by atoms with Gasteiger partial charge in [0.05, 0.1) is 18.9 Å². The summed E-state index contributed by atoms with van der Waals surface area (Å²) in [5.41, 5.74) is 5.31. The van der Waals surface area contributed by atoms with E-state index in [1.165, 1.54) is 5.56 Å². The van der Waals surface area contributed by atoms with E-state index in [0.717, 1.165) is 61.7 Å². The highest BCUT2D eigenvalue weighted by Crippen LogP contribution is 2.29. The molecule has 0 amide bonds. The van der Waals surface area contributed by atoms with Gasteiger partial charge in [-0.3, -0.25) is 9.69 Å². The molecule has 0 spiro atoms. The number of hydrogen-bond acceptors (Lipinski definition) is 5. The Labute approximate surface area is 193 Å². The van der Waals surface area contributed by atoms with Crippen LogP contribution in [0.2, 0.25) is 0 Å². The number of rotatable bonds is 7. The minimum atomic E-state index is -0.0887. The molecule has 7 nitrogen and oxygen atoms in total. The zero-order chi connectivity index (χ0) is 22.6. The van der Waals surface area contributed by atoms with Crippen molar-refractivity contribution >= 4 is 11.0 Å². The number of para-hydroxylation sites is 1. The van der Waals surface area contributed by atoms with Crippen LogP contribution in [0.5, 0.6) is 0 Å². The number of nitrogens with zero attached hydrogens (tertiary/aromatic N) is 3. The zero-order valence-corrected chi connectivity index (χ0v) is 18.9. The van der Waals surface area contributed by atoms with Crippen molar-refractivity contribution in [2.45, 2.75) is 13.5 Å². The van der Waals surface area contributed by atoms with Crippen LogP contribution in [0.15, 0.2) is 65.5 Å². The standard InChI is InChI=1S/C26H29N5O2/c1-19-6-5-7-20(16-19)24-23-17-21(18-27-10-11-30-12-14-33-15-13-30)26(32)28-25(23)31(29-24)22-8-3-2-4-9-22/h2-9,16-17,27H,10-15,18H2,1H3,(H,28,32). The fourth-order valence-corrected chi connectivity index (χ4v) is 4.29. The van der Waals surface area contributed by atoms with Crippen molar-refractivity contribution in [3.05, 3.63) is 82.1 Å². The third-order valence-corrected chi connectivity index (χ3v) is 6.08. The summed E-state index contributed by atoms with van der Waals surface area (Å²) in [7, 11) is 0.